The zero-order valence-electron chi connectivity index (χ0n) is 6.59. The molecule has 1 atom stereocenters. The highest BCUT2D eigenvalue weighted by molar-refractivity contribution is 5.87. The largest absolute Gasteiger partial charge is 0.453 e. The van der Waals surface area contributed by atoms with Gasteiger partial charge in [-0.3, -0.25) is 4.84 Å². The molecule has 0 fully saturated rings. The van der Waals surface area contributed by atoms with Crippen LogP contribution in [-0.2, 0) is 14.4 Å². The van der Waals surface area contributed by atoms with E-state index in [1.54, 1.807) is 14.0 Å². The highest BCUT2D eigenvalue weighted by Crippen LogP contribution is 1.88. The molecular formula is C7H11NO3. The lowest BCUT2D eigenvalue weighted by atomic mass is 10.4. The molecule has 0 aliphatic rings. The zero-order chi connectivity index (χ0) is 8.69. The summed E-state index contributed by atoms with van der Waals surface area (Å²) in [6.07, 6.45) is 4.55. The number of ether oxygens (including phenoxy) is 1. The molecule has 0 aromatic heterocycles. The summed E-state index contributed by atoms with van der Waals surface area (Å²) in [5.41, 5.74) is 2.47. The van der Waals surface area contributed by atoms with E-state index in [4.69, 9.17) is 11.3 Å². The van der Waals surface area contributed by atoms with Gasteiger partial charge in [0.1, 0.15) is 12.7 Å². The van der Waals surface area contributed by atoms with Crippen LogP contribution in [0.15, 0.2) is 0 Å². The van der Waals surface area contributed by atoms with Crippen molar-refractivity contribution in [1.29, 1.82) is 0 Å². The molecule has 0 aromatic carbocycles. The molecule has 0 aliphatic heterocycles. The molecule has 0 saturated carbocycles. The van der Waals surface area contributed by atoms with E-state index >= 15 is 0 Å². The second kappa shape index (κ2) is 5.71. The van der Waals surface area contributed by atoms with Crippen LogP contribution in [0.3, 0.4) is 0 Å². The Labute approximate surface area is 65.8 Å². The fourth-order valence-corrected chi connectivity index (χ4v) is 0.470. The Hall–Kier alpha value is -1.05. The smallest absolute Gasteiger partial charge is 0.384 e. The Bertz CT molecular complexity index is 162. The van der Waals surface area contributed by atoms with Crippen LogP contribution in [0.2, 0.25) is 0 Å². The van der Waals surface area contributed by atoms with Crippen molar-refractivity contribution in [3.63, 3.8) is 0 Å². The lowest BCUT2D eigenvalue weighted by molar-refractivity contribution is -0.142. The molecule has 62 valence electrons. The van der Waals surface area contributed by atoms with Crippen molar-refractivity contribution in [3.8, 4) is 12.3 Å². The van der Waals surface area contributed by atoms with Gasteiger partial charge >= 0.3 is 5.97 Å². The van der Waals surface area contributed by atoms with Gasteiger partial charge < -0.3 is 4.74 Å². The first kappa shape index (κ1) is 9.95. The molecular weight excluding hydrogens is 146 g/mol. The predicted octanol–water partition coefficient (Wildman–Crippen LogP) is -0.298. The van der Waals surface area contributed by atoms with E-state index in [-0.39, 0.29) is 12.7 Å². The van der Waals surface area contributed by atoms with Gasteiger partial charge in [0.15, 0.2) is 0 Å². The molecule has 0 rings (SSSR count). The highest BCUT2D eigenvalue weighted by Gasteiger charge is 2.03. The fraction of sp³-hybridized carbons (Fsp3) is 0.571. The van der Waals surface area contributed by atoms with Gasteiger partial charge in [0.2, 0.25) is 0 Å². The average molecular weight is 157 g/mol. The number of hydroxylamine groups is 1. The van der Waals surface area contributed by atoms with E-state index in [0.717, 1.165) is 0 Å². The second-order valence-corrected chi connectivity index (χ2v) is 1.88. The molecule has 0 saturated heterocycles. The third-order valence-corrected chi connectivity index (χ3v) is 0.886. The third-order valence-electron chi connectivity index (χ3n) is 0.886. The Morgan fingerprint density at radius 3 is 2.91 bits per heavy atom. The average Bonchev–Trinajstić information content (AvgIpc) is 2.01. The quantitative estimate of drug-likeness (QED) is 0.263. The second-order valence-electron chi connectivity index (χ2n) is 1.88. The first-order chi connectivity index (χ1) is 5.20. The number of hydrogen-bond donors (Lipinski definition) is 1. The number of nitrogens with one attached hydrogen (secondary N) is 1. The molecule has 0 aromatic rings. The van der Waals surface area contributed by atoms with Crippen LogP contribution < -0.4 is 5.48 Å². The number of carbonyl (C=O) groups is 1. The lowest BCUT2D eigenvalue weighted by Crippen LogP contribution is -2.23. The standard InChI is InChI=1S/C7H11NO3/c1-4-7(9)10-5-6(2)11-8-3/h1,6,8H,5H2,2-3H3. The molecule has 0 bridgehead atoms. The highest BCUT2D eigenvalue weighted by atomic mass is 16.7. The van der Waals surface area contributed by atoms with Gasteiger partial charge in [-0.1, -0.05) is 0 Å². The molecule has 4 heteroatoms. The van der Waals surface area contributed by atoms with Gasteiger partial charge in [-0.05, 0) is 6.92 Å². The van der Waals surface area contributed by atoms with Gasteiger partial charge in [-0.15, -0.1) is 6.42 Å². The minimum absolute atomic E-state index is 0.157. The van der Waals surface area contributed by atoms with Gasteiger partial charge in [0, 0.05) is 13.0 Å². The maximum absolute atomic E-state index is 10.4. The van der Waals surface area contributed by atoms with E-state index < -0.39 is 5.97 Å². The van der Waals surface area contributed by atoms with Crippen LogP contribution in [0.5, 0.6) is 0 Å². The van der Waals surface area contributed by atoms with Gasteiger partial charge in [-0.2, -0.15) is 0 Å². The summed E-state index contributed by atoms with van der Waals surface area (Å²) in [6, 6.07) is 0. The summed E-state index contributed by atoms with van der Waals surface area (Å²) in [6.45, 7) is 1.91. The van der Waals surface area contributed by atoms with Crippen LogP contribution in [0, 0.1) is 12.3 Å². The Kier molecular flexibility index (Phi) is 5.17. The molecule has 0 spiro atoms. The van der Waals surface area contributed by atoms with Gasteiger partial charge in [0.05, 0.1) is 0 Å². The van der Waals surface area contributed by atoms with Crippen molar-refractivity contribution in [2.24, 2.45) is 0 Å². The van der Waals surface area contributed by atoms with Crippen molar-refractivity contribution in [2.45, 2.75) is 13.0 Å². The Morgan fingerprint density at radius 1 is 1.82 bits per heavy atom. The molecule has 0 amide bonds. The lowest BCUT2D eigenvalue weighted by Gasteiger charge is -2.09. The van der Waals surface area contributed by atoms with Crippen molar-refractivity contribution in [3.05, 3.63) is 0 Å². The van der Waals surface area contributed by atoms with Crippen molar-refractivity contribution in [2.75, 3.05) is 13.7 Å². The van der Waals surface area contributed by atoms with Crippen LogP contribution in [0.25, 0.3) is 0 Å². The molecule has 0 heterocycles. The first-order valence-electron chi connectivity index (χ1n) is 3.16. The molecule has 11 heavy (non-hydrogen) atoms. The third kappa shape index (κ3) is 5.40. The van der Waals surface area contributed by atoms with Crippen LogP contribution in [-0.4, -0.2) is 25.7 Å². The summed E-state index contributed by atoms with van der Waals surface area (Å²) in [7, 11) is 1.62. The topological polar surface area (TPSA) is 47.6 Å². The monoisotopic (exact) mass is 157 g/mol. The van der Waals surface area contributed by atoms with Crippen LogP contribution in [0.4, 0.5) is 0 Å². The molecule has 1 unspecified atom stereocenters. The number of hydrogen-bond acceptors (Lipinski definition) is 4. The Morgan fingerprint density at radius 2 is 2.45 bits per heavy atom. The predicted molar refractivity (Wildman–Crippen MR) is 39.4 cm³/mol. The maximum Gasteiger partial charge on any atom is 0.384 e. The summed E-state index contributed by atoms with van der Waals surface area (Å²) < 4.78 is 4.57. The van der Waals surface area contributed by atoms with E-state index in [1.807, 2.05) is 5.92 Å². The Balaban J connectivity index is 3.39. The summed E-state index contributed by atoms with van der Waals surface area (Å²) in [4.78, 5) is 15.2. The molecule has 1 N–H and O–H groups in total. The summed E-state index contributed by atoms with van der Waals surface area (Å²) in [5, 5.41) is 0. The summed E-state index contributed by atoms with van der Waals surface area (Å²) >= 11 is 0. The van der Waals surface area contributed by atoms with Crippen LogP contribution in [0.1, 0.15) is 6.92 Å². The number of carbonyl (C=O) groups excluding carboxylic acids is 1. The molecule has 0 radical (unpaired) electrons. The fourth-order valence-electron chi connectivity index (χ4n) is 0.470. The molecule has 4 nitrogen and oxygen atoms in total. The number of rotatable bonds is 4. The van der Waals surface area contributed by atoms with Gasteiger partial charge in [-0.25, -0.2) is 10.3 Å². The van der Waals surface area contributed by atoms with E-state index in [0.29, 0.717) is 0 Å². The van der Waals surface area contributed by atoms with E-state index in [9.17, 15) is 4.79 Å². The SMILES string of the molecule is C#CC(=O)OCC(C)ONC. The summed E-state index contributed by atoms with van der Waals surface area (Å²) in [5.74, 6) is 1.16. The first-order valence-corrected chi connectivity index (χ1v) is 3.16. The van der Waals surface area contributed by atoms with E-state index in [2.05, 4.69) is 10.2 Å². The maximum atomic E-state index is 10.4. The number of esters is 1. The van der Waals surface area contributed by atoms with Crippen LogP contribution >= 0.6 is 0 Å². The zero-order valence-corrected chi connectivity index (χ0v) is 6.59. The minimum Gasteiger partial charge on any atom is -0.453 e. The normalized spacial score (nSPS) is 11.7. The van der Waals surface area contributed by atoms with E-state index in [1.165, 1.54) is 0 Å². The van der Waals surface area contributed by atoms with Crippen molar-refractivity contribution in [1.82, 2.24) is 5.48 Å². The van der Waals surface area contributed by atoms with Gasteiger partial charge in [0.25, 0.3) is 0 Å². The number of terminal acetylenes is 1. The minimum atomic E-state index is -0.670. The van der Waals surface area contributed by atoms with Crippen molar-refractivity contribution >= 4 is 5.97 Å². The van der Waals surface area contributed by atoms with Crippen molar-refractivity contribution < 1.29 is 14.4 Å². The molecule has 0 aliphatic carbocycles.